The fourth-order valence-electron chi connectivity index (χ4n) is 10.0. The maximum absolute atomic E-state index is 3.10. The van der Waals surface area contributed by atoms with E-state index in [-0.39, 0.29) is 0 Å². The van der Waals surface area contributed by atoms with Crippen LogP contribution in [0.2, 0.25) is 109 Å². The van der Waals surface area contributed by atoms with Gasteiger partial charge in [-0.25, -0.2) is 0 Å². The lowest BCUT2D eigenvalue weighted by Gasteiger charge is -2.71. The van der Waals surface area contributed by atoms with E-state index in [1.54, 1.807) is 0 Å². The molecule has 0 spiro atoms. The summed E-state index contributed by atoms with van der Waals surface area (Å²) in [5.74, 6) is 0. The molecule has 0 unspecified atom stereocenters. The fraction of sp³-hybridized carbons (Fsp3) is 1.00. The van der Waals surface area contributed by atoms with Gasteiger partial charge in [0.05, 0.1) is 7.59 Å². The minimum Gasteiger partial charge on any atom is -0.0713 e. The third-order valence-corrected chi connectivity index (χ3v) is 290. The van der Waals surface area contributed by atoms with Crippen molar-refractivity contribution in [2.24, 2.45) is 0 Å². The Morgan fingerprint density at radius 1 is 0.304 bits per heavy atom. The molecule has 10 heteroatoms. The largest absolute Gasteiger partial charge is 0.0713 e. The molecule has 1 heterocycles. The van der Waals surface area contributed by atoms with Crippen LogP contribution in [0.5, 0.6) is 0 Å². The van der Waals surface area contributed by atoms with Crippen LogP contribution < -0.4 is 0 Å². The highest BCUT2D eigenvalue weighted by Gasteiger charge is 2.87. The van der Waals surface area contributed by atoms with Gasteiger partial charge in [-0.1, -0.05) is 203 Å². The molecule has 0 nitrogen and oxygen atoms in total. The van der Waals surface area contributed by atoms with Crippen LogP contribution in [0, 0.1) is 0 Å². The van der Waals surface area contributed by atoms with Crippen molar-refractivity contribution >= 4 is 71.7 Å². The van der Waals surface area contributed by atoms with E-state index in [9.17, 15) is 0 Å². The second kappa shape index (κ2) is 11.8. The lowest BCUT2D eigenvalue weighted by molar-refractivity contribution is 0.720. The standard InChI is InChI=1S/C36H90Si10/c1-31(2,3)39(19,20)37-38(45(37,40(21,22)32(4,5)6)41(23,24)33(7,8)9)46(42(25,26)34(10,11)12,43(27,28)35(13,14)15)44(29,30)36(16,17)18/h1-30H3. The Bertz CT molecular complexity index is 1100. The summed E-state index contributed by atoms with van der Waals surface area (Å²) in [6, 6.07) is 0. The molecule has 0 N–H and O–H groups in total. The van der Waals surface area contributed by atoms with Crippen molar-refractivity contribution in [3.05, 3.63) is 0 Å². The monoisotopic (exact) mass is 802 g/mol. The van der Waals surface area contributed by atoms with Gasteiger partial charge in [0.25, 0.3) is 0 Å². The molecular weight excluding hydrogens is 713 g/mol. The first-order valence-electron chi connectivity index (χ1n) is 19.0. The summed E-state index contributed by atoms with van der Waals surface area (Å²) >= 11 is 0. The van der Waals surface area contributed by atoms with Crippen LogP contribution in [-0.2, 0) is 0 Å². The van der Waals surface area contributed by atoms with Gasteiger partial charge in [0, 0.05) is 50.2 Å². The number of hydrogen-bond donors (Lipinski definition) is 0. The van der Waals surface area contributed by atoms with E-state index in [0.717, 1.165) is 0 Å². The molecule has 0 aliphatic carbocycles. The van der Waals surface area contributed by atoms with Crippen LogP contribution in [0.15, 0.2) is 0 Å². The molecule has 0 saturated carbocycles. The van der Waals surface area contributed by atoms with E-state index in [4.69, 9.17) is 0 Å². The summed E-state index contributed by atoms with van der Waals surface area (Å²) < 4.78 is 0. The van der Waals surface area contributed by atoms with Crippen molar-refractivity contribution in [1.29, 1.82) is 0 Å². The van der Waals surface area contributed by atoms with E-state index in [1.807, 2.05) is 0 Å². The number of hydrogen-bond acceptors (Lipinski definition) is 0. The Morgan fingerprint density at radius 3 is 0.674 bits per heavy atom. The molecule has 0 saturated heterocycles. The summed E-state index contributed by atoms with van der Waals surface area (Å²) in [6.45, 7) is 86.0. The van der Waals surface area contributed by atoms with Crippen molar-refractivity contribution in [2.45, 2.75) is 233 Å². The predicted molar refractivity (Wildman–Crippen MR) is 246 cm³/mol. The summed E-state index contributed by atoms with van der Waals surface area (Å²) in [7, 11) is -10.3. The molecule has 0 aromatic heterocycles. The fourth-order valence-corrected chi connectivity index (χ4v) is 593. The molecule has 0 bridgehead atoms. The van der Waals surface area contributed by atoms with Gasteiger partial charge < -0.3 is 0 Å². The molecule has 1 rings (SSSR count). The highest BCUT2D eigenvalue weighted by atomic mass is 30.6. The second-order valence-corrected chi connectivity index (χ2v) is 135. The zero-order chi connectivity index (χ0) is 38.2. The Morgan fingerprint density at radius 2 is 0.522 bits per heavy atom. The third kappa shape index (κ3) is 5.82. The molecule has 1 aliphatic rings. The predicted octanol–water partition coefficient (Wildman–Crippen LogP) is 13.7. The smallest absolute Gasteiger partial charge is 0.0549 e. The maximum Gasteiger partial charge on any atom is 0.0549 e. The lowest BCUT2D eigenvalue weighted by Crippen LogP contribution is -2.96. The minimum absolute atomic E-state index is 0.446. The average Bonchev–Trinajstić information content (AvgIpc) is 3.41. The van der Waals surface area contributed by atoms with Crippen LogP contribution in [0.25, 0.3) is 0 Å². The zero-order valence-electron chi connectivity index (χ0n) is 38.0. The first kappa shape index (κ1) is 46.2. The van der Waals surface area contributed by atoms with Crippen LogP contribution in [0.3, 0.4) is 0 Å². The normalized spacial score (nSPS) is 19.2. The third-order valence-electron chi connectivity index (χ3n) is 17.9. The molecule has 0 atom stereocenters. The van der Waals surface area contributed by atoms with Gasteiger partial charge in [0.1, 0.15) is 0 Å². The lowest BCUT2D eigenvalue weighted by atomic mass is 10.2. The summed E-state index contributed by atoms with van der Waals surface area (Å²) in [5, 5.41) is 2.80. The molecule has 46 heavy (non-hydrogen) atoms. The molecule has 0 aromatic rings. The summed E-state index contributed by atoms with van der Waals surface area (Å²) in [4.78, 5) is 0. The van der Waals surface area contributed by atoms with Gasteiger partial charge >= 0.3 is 0 Å². The quantitative estimate of drug-likeness (QED) is 0.225. The zero-order valence-corrected chi connectivity index (χ0v) is 48.0. The van der Waals surface area contributed by atoms with Crippen molar-refractivity contribution in [2.75, 3.05) is 0 Å². The van der Waals surface area contributed by atoms with Crippen LogP contribution in [0.4, 0.5) is 0 Å². The Labute approximate surface area is 303 Å². The van der Waals surface area contributed by atoms with Gasteiger partial charge in [-0.15, -0.1) is 0 Å². The van der Waals surface area contributed by atoms with E-state index in [0.29, 0.717) is 30.2 Å². The van der Waals surface area contributed by atoms with Crippen molar-refractivity contribution in [1.82, 2.24) is 0 Å². The molecule has 0 radical (unpaired) electrons. The van der Waals surface area contributed by atoms with Crippen LogP contribution >= 0.6 is 0 Å². The minimum atomic E-state index is -1.89. The van der Waals surface area contributed by atoms with Crippen LogP contribution in [0.1, 0.15) is 125 Å². The summed E-state index contributed by atoms with van der Waals surface area (Å²) in [5.41, 5.74) is 0. The van der Waals surface area contributed by atoms with Gasteiger partial charge in [-0.2, -0.15) is 0 Å². The molecule has 0 fully saturated rings. The van der Waals surface area contributed by atoms with Crippen molar-refractivity contribution in [3.63, 3.8) is 0 Å². The molecule has 274 valence electrons. The first-order valence-corrected chi connectivity index (χ1v) is 54.0. The van der Waals surface area contributed by atoms with Gasteiger partial charge in [0.2, 0.25) is 0 Å². The highest BCUT2D eigenvalue weighted by Crippen LogP contribution is 2.66. The highest BCUT2D eigenvalue weighted by molar-refractivity contribution is 8.38. The van der Waals surface area contributed by atoms with E-state index in [2.05, 4.69) is 203 Å². The van der Waals surface area contributed by atoms with Crippen molar-refractivity contribution < 1.29 is 0 Å². The van der Waals surface area contributed by atoms with E-state index < -0.39 is 71.7 Å². The molecule has 0 amide bonds. The molecule has 1 aliphatic heterocycles. The van der Waals surface area contributed by atoms with Crippen LogP contribution in [-0.4, -0.2) is 71.7 Å². The van der Waals surface area contributed by atoms with Gasteiger partial charge in [0.15, 0.2) is 0 Å². The molecule has 0 aromatic carbocycles. The second-order valence-electron chi connectivity index (χ2n) is 25.5. The Balaban J connectivity index is 5.41. The van der Waals surface area contributed by atoms with Gasteiger partial charge in [-0.3, -0.25) is 0 Å². The first-order chi connectivity index (χ1) is 19.2. The van der Waals surface area contributed by atoms with E-state index in [1.165, 1.54) is 0 Å². The number of rotatable bonds is 7. The SMILES string of the molecule is CC(C)(C)[Si](C)(C)[Si]1=[Si]([Si]([Si](C)(C)C(C)(C)C)([Si](C)(C)C(C)(C)C)[Si](C)(C)C(C)(C)C)[Si]1([Si](C)(C)C(C)(C)C)[Si](C)(C)C(C)(C)C. The Hall–Kier alpha value is 2.17. The topological polar surface area (TPSA) is 0 Å². The average molecular weight is 804 g/mol. The van der Waals surface area contributed by atoms with Crippen molar-refractivity contribution in [3.8, 4) is 0 Å². The maximum atomic E-state index is 3.10. The Kier molecular flexibility index (Phi) is 11.9. The molecular formula is C36H90Si10. The van der Waals surface area contributed by atoms with E-state index >= 15 is 0 Å². The van der Waals surface area contributed by atoms with Gasteiger partial charge in [-0.05, 0) is 44.1 Å². The summed E-state index contributed by atoms with van der Waals surface area (Å²) in [6.07, 6.45) is -3.56.